The fourth-order valence-electron chi connectivity index (χ4n) is 5.67. The van der Waals surface area contributed by atoms with Crippen LogP contribution in [0, 0.1) is 0 Å². The second-order valence-electron chi connectivity index (χ2n) is 10.5. The van der Waals surface area contributed by atoms with Crippen molar-refractivity contribution in [2.24, 2.45) is 5.73 Å². The van der Waals surface area contributed by atoms with Crippen LogP contribution in [-0.4, -0.2) is 69.2 Å². The molecule has 2 aliphatic carbocycles. The zero-order chi connectivity index (χ0) is 30.3. The maximum absolute atomic E-state index is 12.4. The van der Waals surface area contributed by atoms with E-state index in [2.05, 4.69) is 15.4 Å². The summed E-state index contributed by atoms with van der Waals surface area (Å²) in [4.78, 5) is 29.6. The predicted molar refractivity (Wildman–Crippen MR) is 165 cm³/mol. The quantitative estimate of drug-likeness (QED) is 0.385. The van der Waals surface area contributed by atoms with Crippen molar-refractivity contribution in [2.45, 2.75) is 57.2 Å². The SMILES string of the molecule is CC.CN1CC(N)CC1C(=O)NCC1=C(n2cncn2)CCC(Cl)=C1.O=CC1(O)Cc2ccccc2-c2ccccc21. The molecule has 42 heavy (non-hydrogen) atoms. The van der Waals surface area contributed by atoms with E-state index < -0.39 is 5.60 Å². The Labute approximate surface area is 252 Å². The van der Waals surface area contributed by atoms with E-state index in [9.17, 15) is 14.7 Å². The normalized spacial score (nSPS) is 22.9. The maximum atomic E-state index is 12.4. The van der Waals surface area contributed by atoms with E-state index >= 15 is 0 Å². The number of aliphatic hydroxyl groups is 1. The summed E-state index contributed by atoms with van der Waals surface area (Å²) in [6.45, 7) is 5.17. The van der Waals surface area contributed by atoms with Crippen molar-refractivity contribution in [2.75, 3.05) is 20.1 Å². The smallest absolute Gasteiger partial charge is 0.237 e. The molecule has 2 heterocycles. The van der Waals surface area contributed by atoms with Crippen molar-refractivity contribution in [3.8, 4) is 11.1 Å². The van der Waals surface area contributed by atoms with Gasteiger partial charge in [0.25, 0.3) is 0 Å². The van der Waals surface area contributed by atoms with E-state index in [-0.39, 0.29) is 18.0 Å². The molecular weight excluding hydrogens is 552 g/mol. The Hall–Kier alpha value is -3.63. The number of nitrogens with two attached hydrogens (primary N) is 1. The minimum Gasteiger partial charge on any atom is -0.377 e. The summed E-state index contributed by atoms with van der Waals surface area (Å²) < 4.78 is 1.74. The van der Waals surface area contributed by atoms with Crippen LogP contribution in [0.2, 0.25) is 0 Å². The number of likely N-dealkylation sites (N-methyl/N-ethyl adjacent to an activating group) is 1. The van der Waals surface area contributed by atoms with Crippen LogP contribution in [0.4, 0.5) is 0 Å². The second kappa shape index (κ2) is 14.0. The predicted octanol–water partition coefficient (Wildman–Crippen LogP) is 3.88. The summed E-state index contributed by atoms with van der Waals surface area (Å²) >= 11 is 6.17. The number of likely N-dealkylation sites (tertiary alicyclic amines) is 1. The first-order chi connectivity index (χ1) is 20.3. The van der Waals surface area contributed by atoms with Gasteiger partial charge in [0.1, 0.15) is 18.3 Å². The van der Waals surface area contributed by atoms with Gasteiger partial charge in [-0.05, 0) is 60.2 Å². The van der Waals surface area contributed by atoms with Gasteiger partial charge in [0.15, 0.2) is 6.29 Å². The van der Waals surface area contributed by atoms with Gasteiger partial charge in [-0.25, -0.2) is 9.67 Å². The van der Waals surface area contributed by atoms with Crippen LogP contribution in [0.3, 0.4) is 0 Å². The number of amides is 1. The van der Waals surface area contributed by atoms with Crippen LogP contribution < -0.4 is 11.1 Å². The lowest BCUT2D eigenvalue weighted by Gasteiger charge is -2.31. The molecule has 1 aliphatic heterocycles. The first-order valence-electron chi connectivity index (χ1n) is 14.3. The third kappa shape index (κ3) is 6.87. The van der Waals surface area contributed by atoms with Crippen LogP contribution >= 0.6 is 11.6 Å². The van der Waals surface area contributed by atoms with Gasteiger partial charge in [-0.2, -0.15) is 5.10 Å². The van der Waals surface area contributed by atoms with E-state index in [1.165, 1.54) is 6.33 Å². The van der Waals surface area contributed by atoms with Crippen molar-refractivity contribution in [1.82, 2.24) is 25.0 Å². The van der Waals surface area contributed by atoms with Crippen molar-refractivity contribution < 1.29 is 14.7 Å². The number of benzene rings is 2. The van der Waals surface area contributed by atoms with E-state index in [0.717, 1.165) is 52.4 Å². The second-order valence-corrected chi connectivity index (χ2v) is 11.0. The molecule has 1 saturated heterocycles. The van der Waals surface area contributed by atoms with Crippen molar-refractivity contribution in [3.05, 3.63) is 89.0 Å². The van der Waals surface area contributed by atoms with Gasteiger partial charge in [-0.1, -0.05) is 74.0 Å². The number of nitrogens with zero attached hydrogens (tertiary/aromatic N) is 4. The highest BCUT2D eigenvalue weighted by molar-refractivity contribution is 6.30. The zero-order valence-electron chi connectivity index (χ0n) is 24.3. The van der Waals surface area contributed by atoms with Gasteiger partial charge in [0.05, 0.1) is 6.04 Å². The molecule has 3 aromatic rings. The monoisotopic (exact) mass is 590 g/mol. The summed E-state index contributed by atoms with van der Waals surface area (Å²) in [5.41, 5.74) is 10.3. The standard InChI is InChI=1S/C15H21ClN6O.C15H12O2.C2H6/c1-21-7-12(17)5-14(21)15(23)19-6-10-4-11(16)2-3-13(10)22-9-18-8-20-22;16-10-15(17)9-11-5-1-2-6-12(11)13-7-3-4-8-14(13)15;1-2/h4,8-9,12,14H,2-3,5-7,17H2,1H3,(H,19,23);1-8,10,17H,9H2;1-2H3. The number of fused-ring (bicyclic) bond motifs is 3. The molecule has 0 radical (unpaired) electrons. The number of carbonyl (C=O) groups excluding carboxylic acids is 2. The number of aldehydes is 1. The molecule has 2 aromatic carbocycles. The number of aromatic nitrogens is 3. The number of allylic oxidation sites excluding steroid dienone is 2. The van der Waals surface area contributed by atoms with Gasteiger partial charge >= 0.3 is 0 Å². The highest BCUT2D eigenvalue weighted by atomic mass is 35.5. The van der Waals surface area contributed by atoms with Crippen LogP contribution in [0.5, 0.6) is 0 Å². The molecule has 3 unspecified atom stereocenters. The Morgan fingerprint density at radius 1 is 1.17 bits per heavy atom. The maximum Gasteiger partial charge on any atom is 0.237 e. The molecule has 4 N–H and O–H groups in total. The van der Waals surface area contributed by atoms with Crippen molar-refractivity contribution >= 4 is 29.5 Å². The minimum atomic E-state index is -1.38. The van der Waals surface area contributed by atoms with Crippen LogP contribution in [0.25, 0.3) is 16.8 Å². The van der Waals surface area contributed by atoms with E-state index in [1.807, 2.05) is 80.4 Å². The molecule has 1 fully saturated rings. The summed E-state index contributed by atoms with van der Waals surface area (Å²) in [7, 11) is 1.93. The summed E-state index contributed by atoms with van der Waals surface area (Å²) in [5.74, 6) is 0.000913. The highest BCUT2D eigenvalue weighted by Gasteiger charge is 2.36. The Kier molecular flexibility index (Phi) is 10.5. The molecule has 0 bridgehead atoms. The number of hydrogen-bond donors (Lipinski definition) is 3. The molecule has 10 heteroatoms. The topological polar surface area (TPSA) is 126 Å². The lowest BCUT2D eigenvalue weighted by molar-refractivity contribution is -0.125. The van der Waals surface area contributed by atoms with E-state index in [4.69, 9.17) is 17.3 Å². The number of halogens is 1. The Bertz CT molecular complexity index is 1450. The van der Waals surface area contributed by atoms with Crippen LogP contribution in [-0.2, 0) is 21.6 Å². The molecule has 9 nitrogen and oxygen atoms in total. The minimum absolute atomic E-state index is 0.000913. The fourth-order valence-corrected chi connectivity index (χ4v) is 5.90. The Morgan fingerprint density at radius 2 is 1.88 bits per heavy atom. The van der Waals surface area contributed by atoms with Crippen molar-refractivity contribution in [3.63, 3.8) is 0 Å². The molecular formula is C32H39ClN6O3. The Morgan fingerprint density at radius 3 is 2.55 bits per heavy atom. The first-order valence-corrected chi connectivity index (χ1v) is 14.7. The molecule has 0 saturated carbocycles. The van der Waals surface area contributed by atoms with Crippen LogP contribution in [0.15, 0.2) is 77.9 Å². The molecule has 1 amide bonds. The number of carbonyl (C=O) groups is 2. The van der Waals surface area contributed by atoms with E-state index in [0.29, 0.717) is 31.2 Å². The number of nitrogens with one attached hydrogen (secondary N) is 1. The molecule has 222 valence electrons. The largest absolute Gasteiger partial charge is 0.377 e. The highest BCUT2D eigenvalue weighted by Crippen LogP contribution is 2.40. The van der Waals surface area contributed by atoms with Crippen molar-refractivity contribution in [1.29, 1.82) is 0 Å². The summed E-state index contributed by atoms with van der Waals surface area (Å²) in [5, 5.41) is 18.4. The lowest BCUT2D eigenvalue weighted by Crippen LogP contribution is -2.42. The number of hydrogen-bond acceptors (Lipinski definition) is 7. The zero-order valence-corrected chi connectivity index (χ0v) is 25.1. The third-order valence-electron chi connectivity index (χ3n) is 7.69. The molecule has 3 aliphatic rings. The molecule has 3 atom stereocenters. The van der Waals surface area contributed by atoms with E-state index in [1.54, 1.807) is 11.0 Å². The fraction of sp³-hybridized carbons (Fsp3) is 0.375. The van der Waals surface area contributed by atoms with Gasteiger partial charge in [-0.3, -0.25) is 14.5 Å². The molecule has 1 aromatic heterocycles. The van der Waals surface area contributed by atoms with Crippen LogP contribution in [0.1, 0.15) is 44.2 Å². The Balaban J connectivity index is 0.000000189. The summed E-state index contributed by atoms with van der Waals surface area (Å²) in [6.07, 6.45) is 8.30. The summed E-state index contributed by atoms with van der Waals surface area (Å²) in [6, 6.07) is 15.3. The first kappa shape index (κ1) is 31.3. The lowest BCUT2D eigenvalue weighted by atomic mass is 9.76. The van der Waals surface area contributed by atoms with Gasteiger partial charge < -0.3 is 16.2 Å². The molecule has 0 spiro atoms. The third-order valence-corrected chi connectivity index (χ3v) is 7.99. The van der Waals surface area contributed by atoms with Gasteiger partial charge in [0, 0.05) is 36.3 Å². The van der Waals surface area contributed by atoms with Gasteiger partial charge in [-0.15, -0.1) is 0 Å². The average Bonchev–Trinajstić information content (AvgIpc) is 3.67. The average molecular weight is 591 g/mol. The van der Waals surface area contributed by atoms with Gasteiger partial charge in [0.2, 0.25) is 5.91 Å². The number of rotatable bonds is 5. The molecule has 6 rings (SSSR count).